The zero-order chi connectivity index (χ0) is 20.2. The summed E-state index contributed by atoms with van der Waals surface area (Å²) in [6.07, 6.45) is 3.82. The number of morpholine rings is 1. The van der Waals surface area contributed by atoms with Gasteiger partial charge >= 0.3 is 0 Å². The van der Waals surface area contributed by atoms with Crippen molar-refractivity contribution >= 4 is 22.5 Å². The number of nitrogens with two attached hydrogens (primary N) is 1. The molecule has 0 atom stereocenters. The number of benzene rings is 1. The summed E-state index contributed by atoms with van der Waals surface area (Å²) in [5, 5.41) is 4.08. The van der Waals surface area contributed by atoms with Gasteiger partial charge in [-0.2, -0.15) is 0 Å². The van der Waals surface area contributed by atoms with Crippen LogP contribution in [-0.2, 0) is 9.53 Å². The summed E-state index contributed by atoms with van der Waals surface area (Å²) < 4.78 is 11.6. The lowest BCUT2D eigenvalue weighted by molar-refractivity contribution is -0.124. The van der Waals surface area contributed by atoms with E-state index < -0.39 is 0 Å². The summed E-state index contributed by atoms with van der Waals surface area (Å²) in [4.78, 5) is 19.0. The van der Waals surface area contributed by atoms with Gasteiger partial charge in [0.15, 0.2) is 0 Å². The minimum absolute atomic E-state index is 0.111. The molecule has 1 saturated heterocycles. The van der Waals surface area contributed by atoms with Crippen molar-refractivity contribution in [3.05, 3.63) is 30.0 Å². The molecule has 0 unspecified atom stereocenters. The zero-order valence-electron chi connectivity index (χ0n) is 17.0. The number of nitrogens with one attached hydrogen (secondary N) is 1. The molecule has 1 aliphatic heterocycles. The van der Waals surface area contributed by atoms with E-state index in [1.807, 2.05) is 31.2 Å². The molecule has 0 radical (unpaired) electrons. The highest BCUT2D eigenvalue weighted by Gasteiger charge is 2.25. The van der Waals surface area contributed by atoms with Crippen LogP contribution >= 0.6 is 0 Å². The second-order valence-electron chi connectivity index (χ2n) is 8.05. The predicted octanol–water partition coefficient (Wildman–Crippen LogP) is 2.26. The minimum atomic E-state index is 0.111. The van der Waals surface area contributed by atoms with Gasteiger partial charge in [0, 0.05) is 30.5 Å². The number of amides is 1. The molecule has 2 heterocycles. The lowest BCUT2D eigenvalue weighted by atomic mass is 9.93. The average molecular weight is 399 g/mol. The number of carbonyl (C=O) groups excluding carboxylic acids is 1. The second-order valence-corrected chi connectivity index (χ2v) is 8.05. The number of ether oxygens (including phenoxy) is 2. The normalized spacial score (nSPS) is 23.1. The number of anilines is 1. The molecule has 29 heavy (non-hydrogen) atoms. The summed E-state index contributed by atoms with van der Waals surface area (Å²) in [7, 11) is 0. The highest BCUT2D eigenvalue weighted by Crippen LogP contribution is 2.33. The maximum absolute atomic E-state index is 12.3. The maximum Gasteiger partial charge on any atom is 0.234 e. The van der Waals surface area contributed by atoms with E-state index in [4.69, 9.17) is 15.2 Å². The number of hydrogen-bond acceptors (Lipinski definition) is 6. The Bertz CT molecular complexity index is 859. The number of pyridine rings is 1. The smallest absolute Gasteiger partial charge is 0.234 e. The SMILES string of the molecule is Cc1cc(N)c2c(O[C@H]3CC[C@H](NC(=O)CN4CCOCC4)CC3)cccc2n1. The van der Waals surface area contributed by atoms with Gasteiger partial charge in [-0.1, -0.05) is 6.07 Å². The summed E-state index contributed by atoms with van der Waals surface area (Å²) >= 11 is 0. The van der Waals surface area contributed by atoms with Crippen molar-refractivity contribution in [1.82, 2.24) is 15.2 Å². The van der Waals surface area contributed by atoms with E-state index in [0.717, 1.165) is 61.1 Å². The molecule has 7 heteroatoms. The highest BCUT2D eigenvalue weighted by molar-refractivity contribution is 5.95. The van der Waals surface area contributed by atoms with Crippen LogP contribution < -0.4 is 15.8 Å². The number of nitrogens with zero attached hydrogens (tertiary/aromatic N) is 2. The molecular weight excluding hydrogens is 368 g/mol. The van der Waals surface area contributed by atoms with Gasteiger partial charge in [-0.05, 0) is 50.8 Å². The van der Waals surface area contributed by atoms with Crippen LogP contribution in [0.25, 0.3) is 10.9 Å². The Morgan fingerprint density at radius 1 is 1.28 bits per heavy atom. The maximum atomic E-state index is 12.3. The Hall–Kier alpha value is -2.38. The predicted molar refractivity (Wildman–Crippen MR) is 113 cm³/mol. The molecule has 2 fully saturated rings. The molecule has 3 N–H and O–H groups in total. The van der Waals surface area contributed by atoms with Crippen molar-refractivity contribution < 1.29 is 14.3 Å². The first-order valence-electron chi connectivity index (χ1n) is 10.5. The van der Waals surface area contributed by atoms with E-state index in [1.165, 1.54) is 0 Å². The minimum Gasteiger partial charge on any atom is -0.490 e. The summed E-state index contributed by atoms with van der Waals surface area (Å²) in [5.41, 5.74) is 8.71. The van der Waals surface area contributed by atoms with Gasteiger partial charge in [0.2, 0.25) is 5.91 Å². The van der Waals surface area contributed by atoms with Gasteiger partial charge in [-0.25, -0.2) is 0 Å². The largest absolute Gasteiger partial charge is 0.490 e. The van der Waals surface area contributed by atoms with Gasteiger partial charge in [-0.3, -0.25) is 14.7 Å². The first-order valence-corrected chi connectivity index (χ1v) is 10.5. The summed E-state index contributed by atoms with van der Waals surface area (Å²) in [6.45, 7) is 5.49. The van der Waals surface area contributed by atoms with Gasteiger partial charge in [-0.15, -0.1) is 0 Å². The zero-order valence-corrected chi connectivity index (χ0v) is 17.0. The fourth-order valence-electron chi connectivity index (χ4n) is 4.26. The molecule has 2 aliphatic rings. The molecule has 1 saturated carbocycles. The third-order valence-corrected chi connectivity index (χ3v) is 5.76. The van der Waals surface area contributed by atoms with Crippen molar-refractivity contribution in [2.45, 2.75) is 44.8 Å². The Morgan fingerprint density at radius 3 is 2.79 bits per heavy atom. The van der Waals surface area contributed by atoms with E-state index in [9.17, 15) is 4.79 Å². The lowest BCUT2D eigenvalue weighted by Gasteiger charge is -2.31. The van der Waals surface area contributed by atoms with E-state index in [0.29, 0.717) is 25.4 Å². The Morgan fingerprint density at radius 2 is 2.03 bits per heavy atom. The van der Waals surface area contributed by atoms with E-state index >= 15 is 0 Å². The molecule has 1 aliphatic carbocycles. The highest BCUT2D eigenvalue weighted by atomic mass is 16.5. The Labute approximate surface area is 171 Å². The Balaban J connectivity index is 1.30. The van der Waals surface area contributed by atoms with Crippen LogP contribution in [0.1, 0.15) is 31.4 Å². The van der Waals surface area contributed by atoms with Crippen molar-refractivity contribution in [2.75, 3.05) is 38.6 Å². The van der Waals surface area contributed by atoms with Crippen LogP contribution in [0.2, 0.25) is 0 Å². The quantitative estimate of drug-likeness (QED) is 0.803. The van der Waals surface area contributed by atoms with Crippen molar-refractivity contribution in [2.24, 2.45) is 0 Å². The number of hydrogen-bond donors (Lipinski definition) is 2. The van der Waals surface area contributed by atoms with Crippen molar-refractivity contribution in [3.8, 4) is 5.75 Å². The van der Waals surface area contributed by atoms with Crippen molar-refractivity contribution in [3.63, 3.8) is 0 Å². The first kappa shape index (κ1) is 19.9. The van der Waals surface area contributed by atoms with Gasteiger partial charge in [0.05, 0.1) is 36.8 Å². The van der Waals surface area contributed by atoms with Gasteiger partial charge in [0.25, 0.3) is 0 Å². The Kier molecular flexibility index (Phi) is 6.16. The molecule has 7 nitrogen and oxygen atoms in total. The molecule has 1 aromatic carbocycles. The summed E-state index contributed by atoms with van der Waals surface area (Å²) in [5.74, 6) is 0.909. The molecule has 0 bridgehead atoms. The van der Waals surface area contributed by atoms with Crippen LogP contribution in [0.15, 0.2) is 24.3 Å². The number of aryl methyl sites for hydroxylation is 1. The molecule has 1 amide bonds. The number of fused-ring (bicyclic) bond motifs is 1. The lowest BCUT2D eigenvalue weighted by Crippen LogP contribution is -2.47. The third-order valence-electron chi connectivity index (χ3n) is 5.76. The molecular formula is C22H30N4O3. The monoisotopic (exact) mass is 398 g/mol. The molecule has 2 aromatic rings. The van der Waals surface area contributed by atoms with E-state index in [-0.39, 0.29) is 18.1 Å². The van der Waals surface area contributed by atoms with Crippen LogP contribution in [0, 0.1) is 6.92 Å². The fraction of sp³-hybridized carbons (Fsp3) is 0.545. The standard InChI is InChI=1S/C22H30N4O3/c1-15-13-18(23)22-19(24-15)3-2-4-20(22)29-17-7-5-16(6-8-17)25-21(27)14-26-9-11-28-12-10-26/h2-4,13,16-17H,5-12,14H2,1H3,(H2,23,24)(H,25,27)/t16-,17-. The van der Waals surface area contributed by atoms with Crippen LogP contribution in [0.3, 0.4) is 0 Å². The molecule has 156 valence electrons. The fourth-order valence-corrected chi connectivity index (χ4v) is 4.26. The van der Waals surface area contributed by atoms with Crippen LogP contribution in [0.5, 0.6) is 5.75 Å². The van der Waals surface area contributed by atoms with E-state index in [1.54, 1.807) is 0 Å². The third kappa shape index (κ3) is 4.97. The number of rotatable bonds is 5. The van der Waals surface area contributed by atoms with Crippen molar-refractivity contribution in [1.29, 1.82) is 0 Å². The second kappa shape index (κ2) is 8.97. The average Bonchev–Trinajstić information content (AvgIpc) is 2.70. The van der Waals surface area contributed by atoms with E-state index in [2.05, 4.69) is 15.2 Å². The number of carbonyl (C=O) groups is 1. The summed E-state index contributed by atoms with van der Waals surface area (Å²) in [6, 6.07) is 8.00. The first-order chi connectivity index (χ1) is 14.1. The van der Waals surface area contributed by atoms with Gasteiger partial charge < -0.3 is 20.5 Å². The van der Waals surface area contributed by atoms with Crippen LogP contribution in [-0.4, -0.2) is 60.8 Å². The number of nitrogen functional groups attached to an aromatic ring is 1. The topological polar surface area (TPSA) is 89.7 Å². The van der Waals surface area contributed by atoms with Crippen LogP contribution in [0.4, 0.5) is 5.69 Å². The molecule has 0 spiro atoms. The molecule has 4 rings (SSSR count). The molecule has 1 aromatic heterocycles. The number of aromatic nitrogens is 1. The van der Waals surface area contributed by atoms with Gasteiger partial charge in [0.1, 0.15) is 5.75 Å².